The molecule has 0 bridgehead atoms. The van der Waals surface area contributed by atoms with Crippen molar-refractivity contribution in [2.45, 2.75) is 71.1 Å². The Morgan fingerprint density at radius 3 is 2.83 bits per heavy atom. The topological polar surface area (TPSA) is 73.2 Å². The molecule has 0 fully saturated rings. The van der Waals surface area contributed by atoms with Gasteiger partial charge in [-0.3, -0.25) is 4.79 Å². The van der Waals surface area contributed by atoms with Gasteiger partial charge in [0.05, 0.1) is 30.2 Å². The minimum absolute atomic E-state index is 0.102. The Morgan fingerprint density at radius 1 is 1.37 bits per heavy atom. The SMILES string of the molecule is CCC1=C2CCC(NC)c3c4c(nc(c32)CC=C1F)-c1cc(C(C=O)CC)c(COC)c(=O)n1C4. The Morgan fingerprint density at radius 2 is 2.17 bits per heavy atom. The summed E-state index contributed by atoms with van der Waals surface area (Å²) in [6.45, 7) is 4.50. The molecule has 5 rings (SSSR count). The number of aldehydes is 1. The van der Waals surface area contributed by atoms with Crippen molar-refractivity contribution < 1.29 is 13.9 Å². The zero-order chi connectivity index (χ0) is 24.9. The normalized spacial score (nSPS) is 19.0. The van der Waals surface area contributed by atoms with E-state index in [-0.39, 0.29) is 30.0 Å². The summed E-state index contributed by atoms with van der Waals surface area (Å²) in [5, 5.41) is 3.46. The van der Waals surface area contributed by atoms with Crippen molar-refractivity contribution in [1.82, 2.24) is 14.9 Å². The smallest absolute Gasteiger partial charge is 0.257 e. The van der Waals surface area contributed by atoms with Gasteiger partial charge in [0.2, 0.25) is 0 Å². The van der Waals surface area contributed by atoms with Crippen LogP contribution in [0.4, 0.5) is 4.39 Å². The second-order valence-corrected chi connectivity index (χ2v) is 9.56. The summed E-state index contributed by atoms with van der Waals surface area (Å²) in [6, 6.07) is 2.05. The van der Waals surface area contributed by atoms with E-state index in [2.05, 4.69) is 5.32 Å². The second kappa shape index (κ2) is 9.28. The molecule has 2 aromatic rings. The standard InChI is InChI=1S/C28H32FN3O3/c1-5-15(13-33)18-11-24-27-19(12-32(24)28(34)20(18)14-35-4)26-22(30-3)9-7-17-16(6-2)21(29)8-10-23(31-27)25(17)26/h8,11,13,15,22,30H,5-7,9-10,12,14H2,1-4H3. The number of aromatic nitrogens is 2. The summed E-state index contributed by atoms with van der Waals surface area (Å²) in [5.74, 6) is -0.528. The molecule has 1 N–H and O–H groups in total. The molecule has 35 heavy (non-hydrogen) atoms. The lowest BCUT2D eigenvalue weighted by Crippen LogP contribution is -2.27. The van der Waals surface area contributed by atoms with E-state index in [1.54, 1.807) is 17.8 Å². The molecule has 2 atom stereocenters. The predicted molar refractivity (Wildman–Crippen MR) is 134 cm³/mol. The number of nitrogens with one attached hydrogen (secondary N) is 1. The number of hydrogen-bond acceptors (Lipinski definition) is 5. The molecule has 2 aliphatic carbocycles. The van der Waals surface area contributed by atoms with Crippen LogP contribution in [0, 0.1) is 0 Å². The van der Waals surface area contributed by atoms with Crippen LogP contribution in [0.3, 0.4) is 0 Å². The molecule has 0 aromatic carbocycles. The summed E-state index contributed by atoms with van der Waals surface area (Å²) in [6.07, 6.45) is 5.84. The molecule has 1 aliphatic heterocycles. The van der Waals surface area contributed by atoms with Crippen molar-refractivity contribution in [2.24, 2.45) is 0 Å². The lowest BCUT2D eigenvalue weighted by molar-refractivity contribution is -0.109. The fourth-order valence-electron chi connectivity index (χ4n) is 6.15. The third-order valence-corrected chi connectivity index (χ3v) is 7.86. The molecule has 0 saturated heterocycles. The number of carbonyl (C=O) groups is 1. The molecular formula is C28H32FN3O3. The molecule has 0 radical (unpaired) electrons. The summed E-state index contributed by atoms with van der Waals surface area (Å²) in [4.78, 5) is 30.6. The molecule has 0 amide bonds. The van der Waals surface area contributed by atoms with Crippen molar-refractivity contribution in [3.8, 4) is 11.4 Å². The number of allylic oxidation sites excluding steroid dienone is 4. The fraction of sp³-hybridized carbons (Fsp3) is 0.464. The Kier molecular flexibility index (Phi) is 6.32. The Hall–Kier alpha value is -2.90. The van der Waals surface area contributed by atoms with E-state index in [0.717, 1.165) is 64.0 Å². The number of carbonyl (C=O) groups excluding carboxylic acids is 1. The number of rotatable bonds is 7. The number of nitrogens with zero attached hydrogens (tertiary/aromatic N) is 2. The maximum Gasteiger partial charge on any atom is 0.257 e. The van der Waals surface area contributed by atoms with Crippen molar-refractivity contribution in [3.05, 3.63) is 67.4 Å². The van der Waals surface area contributed by atoms with E-state index in [4.69, 9.17) is 9.72 Å². The minimum atomic E-state index is -0.384. The van der Waals surface area contributed by atoms with Gasteiger partial charge in [-0.05, 0) is 67.1 Å². The van der Waals surface area contributed by atoms with Crippen molar-refractivity contribution in [1.29, 1.82) is 0 Å². The highest BCUT2D eigenvalue weighted by atomic mass is 19.1. The molecule has 3 aliphatic rings. The van der Waals surface area contributed by atoms with Crippen LogP contribution in [0.5, 0.6) is 0 Å². The van der Waals surface area contributed by atoms with E-state index in [9.17, 15) is 9.59 Å². The Bertz CT molecular complexity index is 1340. The summed E-state index contributed by atoms with van der Waals surface area (Å²) in [7, 11) is 3.51. The monoisotopic (exact) mass is 477 g/mol. The van der Waals surface area contributed by atoms with Crippen LogP contribution in [0.1, 0.15) is 85.0 Å². The third-order valence-electron chi connectivity index (χ3n) is 7.86. The highest BCUT2D eigenvalue weighted by molar-refractivity contribution is 5.82. The number of methoxy groups -OCH3 is 1. The van der Waals surface area contributed by atoms with Crippen LogP contribution < -0.4 is 10.9 Å². The zero-order valence-corrected chi connectivity index (χ0v) is 20.8. The van der Waals surface area contributed by atoms with Crippen molar-refractivity contribution in [3.63, 3.8) is 0 Å². The van der Waals surface area contributed by atoms with Crippen LogP contribution in [0.25, 0.3) is 17.0 Å². The fourth-order valence-corrected chi connectivity index (χ4v) is 6.15. The van der Waals surface area contributed by atoms with E-state index < -0.39 is 0 Å². The first kappa shape index (κ1) is 23.8. The quantitative estimate of drug-likeness (QED) is 0.498. The minimum Gasteiger partial charge on any atom is -0.380 e. The number of ether oxygens (including phenoxy) is 1. The first-order chi connectivity index (χ1) is 17.0. The first-order valence-electron chi connectivity index (χ1n) is 12.5. The lowest BCUT2D eigenvalue weighted by atomic mass is 9.78. The maximum absolute atomic E-state index is 15.0. The highest BCUT2D eigenvalue weighted by Crippen LogP contribution is 2.48. The molecule has 0 saturated carbocycles. The molecule has 2 aromatic heterocycles. The van der Waals surface area contributed by atoms with E-state index in [0.29, 0.717) is 36.9 Å². The first-order valence-corrected chi connectivity index (χ1v) is 12.5. The molecule has 184 valence electrons. The van der Waals surface area contributed by atoms with Crippen LogP contribution in [-0.2, 0) is 29.1 Å². The van der Waals surface area contributed by atoms with E-state index >= 15 is 4.39 Å². The Balaban J connectivity index is 1.82. The number of pyridine rings is 2. The zero-order valence-electron chi connectivity index (χ0n) is 20.8. The van der Waals surface area contributed by atoms with Gasteiger partial charge in [-0.2, -0.15) is 0 Å². The molecule has 2 unspecified atom stereocenters. The second-order valence-electron chi connectivity index (χ2n) is 9.56. The van der Waals surface area contributed by atoms with Gasteiger partial charge in [-0.25, -0.2) is 9.37 Å². The number of halogens is 1. The van der Waals surface area contributed by atoms with Crippen molar-refractivity contribution >= 4 is 11.9 Å². The predicted octanol–water partition coefficient (Wildman–Crippen LogP) is 4.74. The number of fused-ring (bicyclic) bond motifs is 4. The Labute approximate surface area is 204 Å². The van der Waals surface area contributed by atoms with Gasteiger partial charge < -0.3 is 19.4 Å². The lowest BCUT2D eigenvalue weighted by Gasteiger charge is -2.31. The summed E-state index contributed by atoms with van der Waals surface area (Å²) >= 11 is 0. The van der Waals surface area contributed by atoms with Crippen LogP contribution in [-0.4, -0.2) is 30.0 Å². The van der Waals surface area contributed by atoms with Gasteiger partial charge in [0.1, 0.15) is 12.1 Å². The highest BCUT2D eigenvalue weighted by Gasteiger charge is 2.37. The largest absolute Gasteiger partial charge is 0.380 e. The molecular weight excluding hydrogens is 445 g/mol. The van der Waals surface area contributed by atoms with Gasteiger partial charge in [0.25, 0.3) is 5.56 Å². The number of hydrogen-bond donors (Lipinski definition) is 1. The van der Waals surface area contributed by atoms with Crippen LogP contribution in [0.15, 0.2) is 28.3 Å². The third kappa shape index (κ3) is 3.55. The molecule has 7 heteroatoms. The van der Waals surface area contributed by atoms with Gasteiger partial charge in [-0.1, -0.05) is 13.8 Å². The molecule has 0 spiro atoms. The summed E-state index contributed by atoms with van der Waals surface area (Å²) < 4.78 is 22.2. The average molecular weight is 478 g/mol. The van der Waals surface area contributed by atoms with Crippen LogP contribution >= 0.6 is 0 Å². The van der Waals surface area contributed by atoms with Gasteiger partial charge >= 0.3 is 0 Å². The van der Waals surface area contributed by atoms with Crippen molar-refractivity contribution in [2.75, 3.05) is 14.2 Å². The molecule has 3 heterocycles. The van der Waals surface area contributed by atoms with Gasteiger partial charge in [0, 0.05) is 42.2 Å². The van der Waals surface area contributed by atoms with Gasteiger partial charge in [-0.15, -0.1) is 0 Å². The average Bonchev–Trinajstić information content (AvgIpc) is 3.17. The van der Waals surface area contributed by atoms with Gasteiger partial charge in [0.15, 0.2) is 0 Å². The van der Waals surface area contributed by atoms with Crippen LogP contribution in [0.2, 0.25) is 0 Å². The summed E-state index contributed by atoms with van der Waals surface area (Å²) in [5.41, 5.74) is 8.53. The van der Waals surface area contributed by atoms with E-state index in [1.165, 1.54) is 0 Å². The maximum atomic E-state index is 15.0. The van der Waals surface area contributed by atoms with E-state index in [1.807, 2.05) is 27.0 Å². The molecule has 6 nitrogen and oxygen atoms in total.